The number of hydrogen-bond donors (Lipinski definition) is 1. The Morgan fingerprint density at radius 2 is 2.05 bits per heavy atom. The average molecular weight is 269 g/mol. The Morgan fingerprint density at radius 1 is 1.37 bits per heavy atom. The molecule has 0 heterocycles. The molecule has 0 atom stereocenters. The summed E-state index contributed by atoms with van der Waals surface area (Å²) in [7, 11) is 0. The van der Waals surface area contributed by atoms with Crippen molar-refractivity contribution in [1.82, 2.24) is 10.2 Å². The number of benzene rings is 1. The van der Waals surface area contributed by atoms with E-state index >= 15 is 0 Å². The lowest BCUT2D eigenvalue weighted by molar-refractivity contribution is -0.387. The molecule has 1 aromatic carbocycles. The molecular weight excluding hydrogens is 249 g/mol. The van der Waals surface area contributed by atoms with Crippen LogP contribution in [0.1, 0.15) is 19.4 Å². The molecule has 0 aliphatic heterocycles. The third kappa shape index (κ3) is 4.57. The highest BCUT2D eigenvalue weighted by molar-refractivity contribution is 5.36. The first-order valence-corrected chi connectivity index (χ1v) is 6.45. The van der Waals surface area contributed by atoms with Crippen molar-refractivity contribution in [1.29, 1.82) is 0 Å². The van der Waals surface area contributed by atoms with Crippen molar-refractivity contribution >= 4 is 5.69 Å². The molecule has 0 amide bonds. The van der Waals surface area contributed by atoms with Gasteiger partial charge in [-0.2, -0.15) is 4.39 Å². The smallest absolute Gasteiger partial charge is 0.305 e. The second-order valence-electron chi connectivity index (χ2n) is 4.21. The Kier molecular flexibility index (Phi) is 6.38. The van der Waals surface area contributed by atoms with Gasteiger partial charge in [-0.25, -0.2) is 0 Å². The second-order valence-corrected chi connectivity index (χ2v) is 4.21. The minimum Gasteiger partial charge on any atom is -0.311 e. The quantitative estimate of drug-likeness (QED) is 0.446. The number of nitrogens with one attached hydrogen (secondary N) is 1. The lowest BCUT2D eigenvalue weighted by Crippen LogP contribution is -2.31. The van der Waals surface area contributed by atoms with Crippen molar-refractivity contribution in [3.8, 4) is 0 Å². The summed E-state index contributed by atoms with van der Waals surface area (Å²) in [4.78, 5) is 12.2. The van der Waals surface area contributed by atoms with Crippen LogP contribution in [-0.4, -0.2) is 36.0 Å². The van der Waals surface area contributed by atoms with Gasteiger partial charge in [0.15, 0.2) is 0 Å². The molecule has 0 aliphatic rings. The minimum absolute atomic E-state index is 0.300. The molecule has 0 fully saturated rings. The van der Waals surface area contributed by atoms with Crippen LogP contribution in [0.25, 0.3) is 0 Å². The van der Waals surface area contributed by atoms with E-state index in [2.05, 4.69) is 24.1 Å². The van der Waals surface area contributed by atoms with Gasteiger partial charge in [0.05, 0.1) is 4.92 Å². The van der Waals surface area contributed by atoms with Gasteiger partial charge in [0.25, 0.3) is 0 Å². The number of likely N-dealkylation sites (N-methyl/N-ethyl adjacent to an activating group) is 1. The summed E-state index contributed by atoms with van der Waals surface area (Å²) in [5.74, 6) is -0.747. The fourth-order valence-corrected chi connectivity index (χ4v) is 1.84. The first kappa shape index (κ1) is 15.5. The standard InChI is InChI=1S/C13H20FN3O2/c1-3-16(4-2)9-8-15-10-11-6-5-7-12(13(11)14)17(18)19/h5-7,15H,3-4,8-10H2,1-2H3. The van der Waals surface area contributed by atoms with Crippen LogP contribution >= 0.6 is 0 Å². The lowest BCUT2D eigenvalue weighted by Gasteiger charge is -2.18. The summed E-state index contributed by atoms with van der Waals surface area (Å²) in [5.41, 5.74) is -0.142. The van der Waals surface area contributed by atoms with Gasteiger partial charge >= 0.3 is 5.69 Å². The fraction of sp³-hybridized carbons (Fsp3) is 0.538. The summed E-state index contributed by atoms with van der Waals surface area (Å²) in [5, 5.41) is 13.7. The van der Waals surface area contributed by atoms with Gasteiger partial charge in [-0.15, -0.1) is 0 Å². The van der Waals surface area contributed by atoms with Gasteiger partial charge in [0.2, 0.25) is 5.82 Å². The number of halogens is 1. The third-order valence-electron chi connectivity index (χ3n) is 3.07. The van der Waals surface area contributed by atoms with E-state index in [0.717, 1.165) is 26.2 Å². The zero-order valence-electron chi connectivity index (χ0n) is 11.4. The molecule has 0 saturated heterocycles. The molecule has 6 heteroatoms. The molecule has 0 radical (unpaired) electrons. The Labute approximate surface area is 112 Å². The average Bonchev–Trinajstić information content (AvgIpc) is 2.40. The second kappa shape index (κ2) is 7.81. The molecule has 1 rings (SSSR count). The SMILES string of the molecule is CCN(CC)CCNCc1cccc([N+](=O)[O-])c1F. The van der Waals surface area contributed by atoms with E-state index in [1.54, 1.807) is 6.07 Å². The molecule has 0 aliphatic carbocycles. The predicted octanol–water partition coefficient (Wildman–Crippen LogP) is 2.17. The Hall–Kier alpha value is -1.53. The van der Waals surface area contributed by atoms with Crippen LogP contribution < -0.4 is 5.32 Å². The van der Waals surface area contributed by atoms with Crippen molar-refractivity contribution in [2.45, 2.75) is 20.4 Å². The van der Waals surface area contributed by atoms with Gasteiger partial charge in [0.1, 0.15) is 0 Å². The Bertz CT molecular complexity index is 422. The number of nitro benzene ring substituents is 1. The molecule has 0 unspecified atom stereocenters. The maximum Gasteiger partial charge on any atom is 0.305 e. The van der Waals surface area contributed by atoms with Gasteiger partial charge in [-0.1, -0.05) is 26.0 Å². The van der Waals surface area contributed by atoms with Crippen LogP contribution in [0.15, 0.2) is 18.2 Å². The van der Waals surface area contributed by atoms with Gasteiger partial charge in [-0.05, 0) is 13.1 Å². The normalized spacial score (nSPS) is 10.9. The summed E-state index contributed by atoms with van der Waals surface area (Å²) in [6, 6.07) is 4.24. The third-order valence-corrected chi connectivity index (χ3v) is 3.07. The summed E-state index contributed by atoms with van der Waals surface area (Å²) in [6.07, 6.45) is 0. The van der Waals surface area contributed by atoms with E-state index in [9.17, 15) is 14.5 Å². The topological polar surface area (TPSA) is 58.4 Å². The molecule has 1 N–H and O–H groups in total. The van der Waals surface area contributed by atoms with Crippen LogP contribution in [-0.2, 0) is 6.54 Å². The van der Waals surface area contributed by atoms with Crippen LogP contribution in [0, 0.1) is 15.9 Å². The van der Waals surface area contributed by atoms with Gasteiger partial charge in [-0.3, -0.25) is 10.1 Å². The fourth-order valence-electron chi connectivity index (χ4n) is 1.84. The molecule has 5 nitrogen and oxygen atoms in total. The minimum atomic E-state index is -0.747. The van der Waals surface area contributed by atoms with Gasteiger partial charge < -0.3 is 10.2 Å². The monoisotopic (exact) mass is 269 g/mol. The van der Waals surface area contributed by atoms with E-state index in [1.807, 2.05) is 0 Å². The number of nitro groups is 1. The van der Waals surface area contributed by atoms with Crippen molar-refractivity contribution < 1.29 is 9.31 Å². The maximum atomic E-state index is 13.7. The molecule has 19 heavy (non-hydrogen) atoms. The number of rotatable bonds is 8. The molecule has 1 aromatic rings. The van der Waals surface area contributed by atoms with Crippen LogP contribution in [0.4, 0.5) is 10.1 Å². The van der Waals surface area contributed by atoms with Crippen LogP contribution in [0.2, 0.25) is 0 Å². The highest BCUT2D eigenvalue weighted by Gasteiger charge is 2.16. The molecule has 0 spiro atoms. The lowest BCUT2D eigenvalue weighted by atomic mass is 10.2. The van der Waals surface area contributed by atoms with Crippen molar-refractivity contribution in [3.05, 3.63) is 39.7 Å². The maximum absolute atomic E-state index is 13.7. The highest BCUT2D eigenvalue weighted by atomic mass is 19.1. The summed E-state index contributed by atoms with van der Waals surface area (Å²) < 4.78 is 13.7. The molecule has 0 aromatic heterocycles. The molecule has 106 valence electrons. The molecular formula is C13H20FN3O2. The highest BCUT2D eigenvalue weighted by Crippen LogP contribution is 2.19. The number of hydrogen-bond acceptors (Lipinski definition) is 4. The number of nitrogens with zero attached hydrogens (tertiary/aromatic N) is 2. The van der Waals surface area contributed by atoms with Crippen LogP contribution in [0.5, 0.6) is 0 Å². The first-order valence-electron chi connectivity index (χ1n) is 6.45. The van der Waals surface area contributed by atoms with E-state index in [4.69, 9.17) is 0 Å². The molecule has 0 saturated carbocycles. The zero-order chi connectivity index (χ0) is 14.3. The summed E-state index contributed by atoms with van der Waals surface area (Å²) >= 11 is 0. The summed E-state index contributed by atoms with van der Waals surface area (Å²) in [6.45, 7) is 8.03. The Morgan fingerprint density at radius 3 is 2.63 bits per heavy atom. The zero-order valence-corrected chi connectivity index (χ0v) is 11.4. The van der Waals surface area contributed by atoms with E-state index < -0.39 is 16.4 Å². The van der Waals surface area contributed by atoms with Gasteiger partial charge in [0, 0.05) is 31.3 Å². The van der Waals surface area contributed by atoms with Crippen molar-refractivity contribution in [2.24, 2.45) is 0 Å². The largest absolute Gasteiger partial charge is 0.311 e. The molecule has 0 bridgehead atoms. The Balaban J connectivity index is 2.50. The van der Waals surface area contributed by atoms with Crippen molar-refractivity contribution in [2.75, 3.05) is 26.2 Å². The predicted molar refractivity (Wildman–Crippen MR) is 72.5 cm³/mol. The van der Waals surface area contributed by atoms with E-state index in [1.165, 1.54) is 12.1 Å². The first-order chi connectivity index (χ1) is 9.10. The van der Waals surface area contributed by atoms with E-state index in [-0.39, 0.29) is 0 Å². The van der Waals surface area contributed by atoms with E-state index in [0.29, 0.717) is 12.1 Å². The van der Waals surface area contributed by atoms with Crippen LogP contribution in [0.3, 0.4) is 0 Å². The van der Waals surface area contributed by atoms with Crippen molar-refractivity contribution in [3.63, 3.8) is 0 Å².